The standard InChI is InChI=1S/C33H32FN5/c1-3-7-28(24-8-11-27(34)12-9-24)29-18-32(36-22(29)2)33-30-17-25(10-13-31(30)37-38-33)26-16-23(19-35-20-26)21-39-14-5-4-6-15-39/h3,7-13,16-20,36H,1,4-6,14-15,21H2,2H3,(H,37,38)/b28-7-. The Morgan fingerprint density at radius 3 is 2.62 bits per heavy atom. The molecular weight excluding hydrogens is 485 g/mol. The van der Waals surface area contributed by atoms with E-state index in [9.17, 15) is 4.39 Å². The topological polar surface area (TPSA) is 60.6 Å². The molecule has 1 fully saturated rings. The average molecular weight is 518 g/mol. The van der Waals surface area contributed by atoms with Crippen LogP contribution in [0, 0.1) is 12.7 Å². The van der Waals surface area contributed by atoms with Gasteiger partial charge in [0.2, 0.25) is 0 Å². The predicted molar refractivity (Wildman–Crippen MR) is 157 cm³/mol. The van der Waals surface area contributed by atoms with Crippen molar-refractivity contribution >= 4 is 16.5 Å². The van der Waals surface area contributed by atoms with Gasteiger partial charge in [-0.2, -0.15) is 5.10 Å². The maximum Gasteiger partial charge on any atom is 0.123 e. The lowest BCUT2D eigenvalue weighted by Crippen LogP contribution is -2.29. The molecule has 0 amide bonds. The molecule has 0 aliphatic carbocycles. The van der Waals surface area contributed by atoms with Gasteiger partial charge in [-0.3, -0.25) is 15.0 Å². The van der Waals surface area contributed by atoms with E-state index in [-0.39, 0.29) is 5.82 Å². The summed E-state index contributed by atoms with van der Waals surface area (Å²) in [5.41, 5.74) is 10.1. The number of fused-ring (bicyclic) bond motifs is 1. The molecule has 0 bridgehead atoms. The first-order valence-electron chi connectivity index (χ1n) is 13.5. The van der Waals surface area contributed by atoms with Crippen molar-refractivity contribution in [3.05, 3.63) is 114 Å². The van der Waals surface area contributed by atoms with E-state index in [4.69, 9.17) is 0 Å². The van der Waals surface area contributed by atoms with Crippen molar-refractivity contribution in [3.63, 3.8) is 0 Å². The Bertz CT molecular complexity index is 1650. The Morgan fingerprint density at radius 2 is 1.82 bits per heavy atom. The lowest BCUT2D eigenvalue weighted by atomic mass is 9.97. The van der Waals surface area contributed by atoms with Crippen LogP contribution in [0.1, 0.15) is 41.6 Å². The summed E-state index contributed by atoms with van der Waals surface area (Å²) < 4.78 is 13.6. The van der Waals surface area contributed by atoms with Gasteiger partial charge in [0.1, 0.15) is 11.5 Å². The van der Waals surface area contributed by atoms with Crippen molar-refractivity contribution in [3.8, 4) is 22.5 Å². The first-order chi connectivity index (χ1) is 19.1. The zero-order valence-corrected chi connectivity index (χ0v) is 22.2. The number of aryl methyl sites for hydroxylation is 1. The fourth-order valence-corrected chi connectivity index (χ4v) is 5.56. The van der Waals surface area contributed by atoms with Gasteiger partial charge in [0.15, 0.2) is 0 Å². The minimum atomic E-state index is -0.255. The molecule has 5 aromatic rings. The molecule has 0 unspecified atom stereocenters. The van der Waals surface area contributed by atoms with E-state index in [0.717, 1.165) is 75.4 Å². The number of piperidine rings is 1. The van der Waals surface area contributed by atoms with Gasteiger partial charge in [-0.1, -0.05) is 43.4 Å². The van der Waals surface area contributed by atoms with Crippen LogP contribution in [-0.4, -0.2) is 38.2 Å². The quantitative estimate of drug-likeness (QED) is 0.218. The number of nitrogens with one attached hydrogen (secondary N) is 2. The molecule has 2 aromatic carbocycles. The van der Waals surface area contributed by atoms with Crippen molar-refractivity contribution in [1.82, 2.24) is 25.1 Å². The largest absolute Gasteiger partial charge is 0.357 e. The molecule has 1 saturated heterocycles. The number of nitrogens with zero attached hydrogens (tertiary/aromatic N) is 3. The third kappa shape index (κ3) is 5.20. The number of pyridine rings is 1. The molecule has 2 N–H and O–H groups in total. The van der Waals surface area contributed by atoms with Crippen LogP contribution in [0.15, 0.2) is 85.7 Å². The fourth-order valence-electron chi connectivity index (χ4n) is 5.56. The first kappa shape index (κ1) is 25.0. The van der Waals surface area contributed by atoms with Crippen LogP contribution in [0.3, 0.4) is 0 Å². The summed E-state index contributed by atoms with van der Waals surface area (Å²) in [5.74, 6) is -0.255. The molecule has 1 aliphatic rings. The molecule has 39 heavy (non-hydrogen) atoms. The summed E-state index contributed by atoms with van der Waals surface area (Å²) in [5, 5.41) is 8.90. The number of hydrogen-bond acceptors (Lipinski definition) is 3. The summed E-state index contributed by atoms with van der Waals surface area (Å²) in [6.45, 7) is 9.20. The molecule has 0 saturated carbocycles. The average Bonchev–Trinajstić information content (AvgIpc) is 3.56. The number of aromatic nitrogens is 4. The monoisotopic (exact) mass is 517 g/mol. The van der Waals surface area contributed by atoms with Gasteiger partial charge >= 0.3 is 0 Å². The Kier molecular flexibility index (Phi) is 6.95. The van der Waals surface area contributed by atoms with Crippen LogP contribution in [-0.2, 0) is 6.54 Å². The molecule has 196 valence electrons. The van der Waals surface area contributed by atoms with Gasteiger partial charge in [-0.05, 0) is 91.5 Å². The number of allylic oxidation sites excluding steroid dienone is 2. The van der Waals surface area contributed by atoms with Crippen LogP contribution in [0.5, 0.6) is 0 Å². The number of rotatable bonds is 7. The number of halogens is 1. The zero-order valence-electron chi connectivity index (χ0n) is 22.2. The summed E-state index contributed by atoms with van der Waals surface area (Å²) in [7, 11) is 0. The third-order valence-corrected chi connectivity index (χ3v) is 7.55. The molecule has 0 atom stereocenters. The summed E-state index contributed by atoms with van der Waals surface area (Å²) in [6, 6.07) is 17.3. The second kappa shape index (κ2) is 10.8. The third-order valence-electron chi connectivity index (χ3n) is 7.55. The van der Waals surface area contributed by atoms with Crippen LogP contribution >= 0.6 is 0 Å². The molecule has 6 heteroatoms. The lowest BCUT2D eigenvalue weighted by Gasteiger charge is -2.26. The Labute approximate surface area is 228 Å². The van der Waals surface area contributed by atoms with E-state index in [1.54, 1.807) is 18.2 Å². The van der Waals surface area contributed by atoms with E-state index in [2.05, 4.69) is 62.0 Å². The molecule has 4 heterocycles. The molecule has 1 aliphatic heterocycles. The highest BCUT2D eigenvalue weighted by atomic mass is 19.1. The van der Waals surface area contributed by atoms with Gasteiger partial charge in [0.05, 0.1) is 11.2 Å². The van der Waals surface area contributed by atoms with E-state index in [1.165, 1.54) is 37.0 Å². The van der Waals surface area contributed by atoms with E-state index in [0.29, 0.717) is 0 Å². The normalized spacial score (nSPS) is 14.7. The maximum absolute atomic E-state index is 13.6. The van der Waals surface area contributed by atoms with Gasteiger partial charge in [-0.25, -0.2) is 4.39 Å². The van der Waals surface area contributed by atoms with Gasteiger partial charge in [-0.15, -0.1) is 0 Å². The number of benzene rings is 2. The second-order valence-electron chi connectivity index (χ2n) is 10.3. The molecular formula is C33H32FN5. The maximum atomic E-state index is 13.6. The van der Waals surface area contributed by atoms with Crippen molar-refractivity contribution in [2.24, 2.45) is 0 Å². The lowest BCUT2D eigenvalue weighted by molar-refractivity contribution is 0.220. The van der Waals surface area contributed by atoms with E-state index in [1.807, 2.05) is 25.4 Å². The molecule has 0 radical (unpaired) electrons. The van der Waals surface area contributed by atoms with Crippen molar-refractivity contribution in [1.29, 1.82) is 0 Å². The Hall–Kier alpha value is -4.29. The highest BCUT2D eigenvalue weighted by Gasteiger charge is 2.17. The number of hydrogen-bond donors (Lipinski definition) is 2. The second-order valence-corrected chi connectivity index (χ2v) is 10.3. The Balaban J connectivity index is 1.34. The van der Waals surface area contributed by atoms with Crippen LogP contribution in [0.4, 0.5) is 4.39 Å². The highest BCUT2D eigenvalue weighted by molar-refractivity contribution is 5.96. The minimum absolute atomic E-state index is 0.255. The fraction of sp³-hybridized carbons (Fsp3) is 0.212. The van der Waals surface area contributed by atoms with Crippen molar-refractivity contribution in [2.45, 2.75) is 32.7 Å². The molecule has 6 rings (SSSR count). The van der Waals surface area contributed by atoms with Gasteiger partial charge < -0.3 is 4.98 Å². The van der Waals surface area contributed by atoms with Crippen LogP contribution < -0.4 is 0 Å². The molecule has 5 nitrogen and oxygen atoms in total. The number of likely N-dealkylation sites (tertiary alicyclic amines) is 1. The molecule has 0 spiro atoms. The van der Waals surface area contributed by atoms with E-state index < -0.39 is 0 Å². The van der Waals surface area contributed by atoms with Crippen LogP contribution in [0.25, 0.3) is 39.0 Å². The first-order valence-corrected chi connectivity index (χ1v) is 13.5. The van der Waals surface area contributed by atoms with Crippen molar-refractivity contribution in [2.75, 3.05) is 13.1 Å². The Morgan fingerprint density at radius 1 is 1.00 bits per heavy atom. The highest BCUT2D eigenvalue weighted by Crippen LogP contribution is 2.34. The minimum Gasteiger partial charge on any atom is -0.357 e. The predicted octanol–water partition coefficient (Wildman–Crippen LogP) is 7.67. The van der Waals surface area contributed by atoms with Gasteiger partial charge in [0.25, 0.3) is 0 Å². The molecule has 3 aromatic heterocycles. The number of aromatic amines is 2. The smallest absolute Gasteiger partial charge is 0.123 e. The summed E-state index contributed by atoms with van der Waals surface area (Å²) >= 11 is 0. The van der Waals surface area contributed by atoms with Crippen LogP contribution in [0.2, 0.25) is 0 Å². The zero-order chi connectivity index (χ0) is 26.8. The van der Waals surface area contributed by atoms with E-state index >= 15 is 0 Å². The summed E-state index contributed by atoms with van der Waals surface area (Å²) in [4.78, 5) is 10.6. The van der Waals surface area contributed by atoms with Gasteiger partial charge in [0, 0.05) is 41.1 Å². The number of H-pyrrole nitrogens is 2. The summed E-state index contributed by atoms with van der Waals surface area (Å²) in [6.07, 6.45) is 11.5. The van der Waals surface area contributed by atoms with Crippen molar-refractivity contribution < 1.29 is 4.39 Å². The SMILES string of the molecule is C=C/C=C(/c1ccc(F)cc1)c1cc(-c2n[nH]c3ccc(-c4cncc(CN5CCCCC5)c4)cc23)[nH]c1C.